The molecule has 0 unspecified atom stereocenters. The van der Waals surface area contributed by atoms with Crippen LogP contribution in [0.1, 0.15) is 0 Å². The highest BCUT2D eigenvalue weighted by atomic mass is 79.9. The molecule has 0 radical (unpaired) electrons. The van der Waals surface area contributed by atoms with Crippen molar-refractivity contribution in [2.75, 3.05) is 0 Å². The standard InChI is InChI=1S/C24H14Br4/c25-17-7-1-5-15(13-17)19-9-3-11-21(27)23(19)24-20(10-4-12-22(24)28)16-6-2-8-18(26)14-16/h1-14H. The Hall–Kier alpha value is -1.20. The van der Waals surface area contributed by atoms with Gasteiger partial charge >= 0.3 is 0 Å². The molecule has 0 saturated heterocycles. The molecule has 0 nitrogen and oxygen atoms in total. The highest BCUT2D eigenvalue weighted by molar-refractivity contribution is 9.11. The smallest absolute Gasteiger partial charge is 0.0260 e. The molecule has 0 aliphatic carbocycles. The van der Waals surface area contributed by atoms with Crippen LogP contribution in [0, 0.1) is 0 Å². The van der Waals surface area contributed by atoms with Crippen LogP contribution in [0.3, 0.4) is 0 Å². The van der Waals surface area contributed by atoms with E-state index in [0.29, 0.717) is 0 Å². The Bertz CT molecular complexity index is 1070. The lowest BCUT2D eigenvalue weighted by Gasteiger charge is -2.18. The van der Waals surface area contributed by atoms with Crippen molar-refractivity contribution in [1.29, 1.82) is 0 Å². The van der Waals surface area contributed by atoms with Gasteiger partial charge in [0.05, 0.1) is 0 Å². The minimum absolute atomic E-state index is 1.06. The lowest BCUT2D eigenvalue weighted by atomic mass is 9.89. The van der Waals surface area contributed by atoms with Gasteiger partial charge in [0.1, 0.15) is 0 Å². The van der Waals surface area contributed by atoms with Crippen LogP contribution in [0.5, 0.6) is 0 Å². The summed E-state index contributed by atoms with van der Waals surface area (Å²) in [6.45, 7) is 0. The third kappa shape index (κ3) is 4.06. The first-order valence-electron chi connectivity index (χ1n) is 8.64. The van der Waals surface area contributed by atoms with Crippen LogP contribution in [-0.2, 0) is 0 Å². The Balaban J connectivity index is 2.04. The Morgan fingerprint density at radius 2 is 0.821 bits per heavy atom. The summed E-state index contributed by atoms with van der Waals surface area (Å²) in [7, 11) is 0. The van der Waals surface area contributed by atoms with Gasteiger partial charge in [-0.3, -0.25) is 0 Å². The molecule has 0 bridgehead atoms. The first-order chi connectivity index (χ1) is 13.5. The van der Waals surface area contributed by atoms with Gasteiger partial charge in [0.15, 0.2) is 0 Å². The molecular weight excluding hydrogens is 608 g/mol. The van der Waals surface area contributed by atoms with E-state index >= 15 is 0 Å². The maximum absolute atomic E-state index is 3.81. The Morgan fingerprint density at radius 1 is 0.429 bits per heavy atom. The summed E-state index contributed by atoms with van der Waals surface area (Å²) in [6.07, 6.45) is 0. The van der Waals surface area contributed by atoms with E-state index in [4.69, 9.17) is 0 Å². The molecule has 138 valence electrons. The second-order valence-electron chi connectivity index (χ2n) is 6.35. The molecule has 0 atom stereocenters. The molecule has 0 aliphatic rings. The average Bonchev–Trinajstić information content (AvgIpc) is 2.68. The number of hydrogen-bond acceptors (Lipinski definition) is 0. The topological polar surface area (TPSA) is 0 Å². The lowest BCUT2D eigenvalue weighted by Crippen LogP contribution is -1.92. The molecule has 0 spiro atoms. The first kappa shape index (κ1) is 20.1. The lowest BCUT2D eigenvalue weighted by molar-refractivity contribution is 1.51. The van der Waals surface area contributed by atoms with E-state index in [1.54, 1.807) is 0 Å². The summed E-state index contributed by atoms with van der Waals surface area (Å²) in [5.74, 6) is 0. The Kier molecular flexibility index (Phi) is 6.21. The summed E-state index contributed by atoms with van der Waals surface area (Å²) < 4.78 is 4.26. The zero-order valence-electron chi connectivity index (χ0n) is 14.6. The molecule has 0 aliphatic heterocycles. The maximum atomic E-state index is 3.81. The number of rotatable bonds is 3. The van der Waals surface area contributed by atoms with E-state index < -0.39 is 0 Å². The molecule has 4 aromatic rings. The SMILES string of the molecule is Brc1cccc(-c2cccc(Br)c2-c2c(Br)cccc2-c2cccc(Br)c2)c1. The monoisotopic (exact) mass is 618 g/mol. The van der Waals surface area contributed by atoms with Crippen LogP contribution in [0.15, 0.2) is 103 Å². The second-order valence-corrected chi connectivity index (χ2v) is 9.89. The van der Waals surface area contributed by atoms with Crippen LogP contribution in [0.25, 0.3) is 33.4 Å². The van der Waals surface area contributed by atoms with Gasteiger partial charge < -0.3 is 0 Å². The third-order valence-corrected chi connectivity index (χ3v) is 6.86. The van der Waals surface area contributed by atoms with Crippen molar-refractivity contribution < 1.29 is 0 Å². The van der Waals surface area contributed by atoms with Gasteiger partial charge in [-0.05, 0) is 58.7 Å². The van der Waals surface area contributed by atoms with E-state index in [9.17, 15) is 0 Å². The van der Waals surface area contributed by atoms with Gasteiger partial charge in [0.2, 0.25) is 0 Å². The van der Waals surface area contributed by atoms with Crippen LogP contribution >= 0.6 is 63.7 Å². The highest BCUT2D eigenvalue weighted by Crippen LogP contribution is 2.46. The molecule has 0 N–H and O–H groups in total. The maximum Gasteiger partial charge on any atom is 0.0260 e. The van der Waals surface area contributed by atoms with Crippen LogP contribution in [-0.4, -0.2) is 0 Å². The van der Waals surface area contributed by atoms with E-state index in [-0.39, 0.29) is 0 Å². The zero-order valence-corrected chi connectivity index (χ0v) is 20.9. The van der Waals surface area contributed by atoms with E-state index in [1.807, 2.05) is 12.1 Å². The first-order valence-corrected chi connectivity index (χ1v) is 11.8. The molecule has 4 aromatic carbocycles. The summed E-state index contributed by atoms with van der Waals surface area (Å²) >= 11 is 14.8. The molecule has 0 aromatic heterocycles. The van der Waals surface area contributed by atoms with Gasteiger partial charge in [-0.25, -0.2) is 0 Å². The Morgan fingerprint density at radius 3 is 1.21 bits per heavy atom. The predicted molar refractivity (Wildman–Crippen MR) is 134 cm³/mol. The van der Waals surface area contributed by atoms with E-state index in [2.05, 4.69) is 137 Å². The fourth-order valence-electron chi connectivity index (χ4n) is 3.35. The molecule has 0 heterocycles. The molecule has 0 fully saturated rings. The number of hydrogen-bond donors (Lipinski definition) is 0. The molecule has 4 heteroatoms. The van der Waals surface area contributed by atoms with Gasteiger partial charge in [-0.2, -0.15) is 0 Å². The molecule has 28 heavy (non-hydrogen) atoms. The van der Waals surface area contributed by atoms with Crippen molar-refractivity contribution in [3.8, 4) is 33.4 Å². The zero-order chi connectivity index (χ0) is 19.7. The fourth-order valence-corrected chi connectivity index (χ4v) is 5.28. The van der Waals surface area contributed by atoms with Crippen molar-refractivity contribution in [3.05, 3.63) is 103 Å². The molecule has 4 rings (SSSR count). The molecular formula is C24H14Br4. The van der Waals surface area contributed by atoms with Gasteiger partial charge in [0, 0.05) is 29.0 Å². The van der Waals surface area contributed by atoms with Crippen molar-refractivity contribution in [1.82, 2.24) is 0 Å². The van der Waals surface area contributed by atoms with Crippen LogP contribution in [0.2, 0.25) is 0 Å². The van der Waals surface area contributed by atoms with Gasteiger partial charge in [-0.15, -0.1) is 0 Å². The molecule has 0 amide bonds. The highest BCUT2D eigenvalue weighted by Gasteiger charge is 2.18. The second kappa shape index (κ2) is 8.66. The van der Waals surface area contributed by atoms with E-state index in [1.165, 1.54) is 33.4 Å². The van der Waals surface area contributed by atoms with Crippen molar-refractivity contribution in [2.45, 2.75) is 0 Å². The normalized spacial score (nSPS) is 10.9. The fraction of sp³-hybridized carbons (Fsp3) is 0. The number of halogens is 4. The summed E-state index contributed by atoms with van der Waals surface area (Å²) in [5, 5.41) is 0. The minimum atomic E-state index is 1.06. The van der Waals surface area contributed by atoms with Gasteiger partial charge in [-0.1, -0.05) is 112 Å². The minimum Gasteiger partial charge on any atom is -0.0605 e. The van der Waals surface area contributed by atoms with Crippen LogP contribution in [0.4, 0.5) is 0 Å². The van der Waals surface area contributed by atoms with Crippen molar-refractivity contribution >= 4 is 63.7 Å². The predicted octanol–water partition coefficient (Wildman–Crippen LogP) is 9.74. The summed E-state index contributed by atoms with van der Waals surface area (Å²) in [6, 6.07) is 29.5. The largest absolute Gasteiger partial charge is 0.0605 e. The Labute approximate surface area is 198 Å². The van der Waals surface area contributed by atoms with Crippen molar-refractivity contribution in [2.24, 2.45) is 0 Å². The molecule has 0 saturated carbocycles. The van der Waals surface area contributed by atoms with Gasteiger partial charge in [0.25, 0.3) is 0 Å². The van der Waals surface area contributed by atoms with E-state index in [0.717, 1.165) is 17.9 Å². The van der Waals surface area contributed by atoms with Crippen LogP contribution < -0.4 is 0 Å². The number of benzene rings is 4. The quantitative estimate of drug-likeness (QED) is 0.214. The third-order valence-electron chi connectivity index (χ3n) is 4.55. The summed E-state index contributed by atoms with van der Waals surface area (Å²) in [5.41, 5.74) is 7.03. The average molecular weight is 622 g/mol. The van der Waals surface area contributed by atoms with Crippen molar-refractivity contribution in [3.63, 3.8) is 0 Å². The summed E-state index contributed by atoms with van der Waals surface area (Å²) in [4.78, 5) is 0.